The van der Waals surface area contributed by atoms with Crippen molar-refractivity contribution in [3.05, 3.63) is 68.4 Å². The Balaban J connectivity index is 1.36. The maximum Gasteiger partial charge on any atom is 0.344 e. The molecule has 2 bridgehead atoms. The molecule has 0 amide bonds. The molecule has 9 rings (SSSR count). The Bertz CT molecular complexity index is 2350. The van der Waals surface area contributed by atoms with Crippen LogP contribution in [0, 0.1) is 20.8 Å². The van der Waals surface area contributed by atoms with Crippen LogP contribution in [0.25, 0.3) is 10.9 Å². The van der Waals surface area contributed by atoms with Crippen LogP contribution in [-0.2, 0) is 45.8 Å². The Hall–Kier alpha value is -3.80. The average Bonchev–Trinajstić information content (AvgIpc) is 3.89. The summed E-state index contributed by atoms with van der Waals surface area (Å²) < 4.78 is 55.6. The van der Waals surface area contributed by atoms with Crippen molar-refractivity contribution >= 4 is 57.1 Å². The maximum absolute atomic E-state index is 15.4. The summed E-state index contributed by atoms with van der Waals surface area (Å²) >= 11 is 2.29. The van der Waals surface area contributed by atoms with Crippen LogP contribution in [0.1, 0.15) is 68.8 Å². The van der Waals surface area contributed by atoms with E-state index in [4.69, 9.17) is 18.9 Å². The number of rotatable bonds is 7. The zero-order valence-corrected chi connectivity index (χ0v) is 37.9. The minimum Gasteiger partial charge on any atom is -0.496 e. The van der Waals surface area contributed by atoms with Gasteiger partial charge in [-0.05, 0) is 109 Å². The van der Waals surface area contributed by atoms with Crippen molar-refractivity contribution in [3.8, 4) is 5.75 Å². The number of aromatic amines is 1. The number of aromatic nitrogens is 1. The largest absolute Gasteiger partial charge is 0.496 e. The van der Waals surface area contributed by atoms with Crippen LogP contribution in [-0.4, -0.2) is 129 Å². The quantitative estimate of drug-likeness (QED) is 0.130. The number of esters is 3. The van der Waals surface area contributed by atoms with Crippen molar-refractivity contribution in [2.75, 3.05) is 66.0 Å². The van der Waals surface area contributed by atoms with Crippen molar-refractivity contribution < 1.29 is 47.2 Å². The fourth-order valence-corrected chi connectivity index (χ4v) is 13.9. The van der Waals surface area contributed by atoms with Gasteiger partial charge in [0.05, 0.1) is 27.4 Å². The van der Waals surface area contributed by atoms with Crippen LogP contribution in [0.4, 0.5) is 14.5 Å². The van der Waals surface area contributed by atoms with E-state index < -0.39 is 63.7 Å². The summed E-state index contributed by atoms with van der Waals surface area (Å²) in [5.74, 6) is -5.92. The molecule has 2 aromatic carbocycles. The minimum absolute atomic E-state index is 0.152. The summed E-state index contributed by atoms with van der Waals surface area (Å²) in [5.41, 5.74) is -1.53. The highest BCUT2D eigenvalue weighted by molar-refractivity contribution is 14.1. The Kier molecular flexibility index (Phi) is 10.2. The Morgan fingerprint density at radius 3 is 2.46 bits per heavy atom. The number of hydrogen-bond acceptors (Lipinski definition) is 11. The highest BCUT2D eigenvalue weighted by Crippen LogP contribution is 2.68. The normalized spacial score (nSPS) is 35.2. The molecule has 2 N–H and O–H groups in total. The zero-order chi connectivity index (χ0) is 43.6. The SMILES string of the molecule is CC[C@]12C=CCN3CC[C@@]4(c5cc([C@@]6(C(=O)OC)C[C@H]7CC(C(C)(F)F)CN(CCc8c6[nH]c6ccc(I)cc86)C7)c(OC)cc5N(C)[C@H]4[C@@](O)(C(=O)OC)[C@@H]1OC(C)=O)[C@@H]32. The van der Waals surface area contributed by atoms with Gasteiger partial charge >= 0.3 is 17.9 Å². The third-order valence-corrected chi connectivity index (χ3v) is 16.3. The van der Waals surface area contributed by atoms with Gasteiger partial charge in [0.1, 0.15) is 11.2 Å². The molecule has 1 aromatic heterocycles. The molecule has 6 heterocycles. The van der Waals surface area contributed by atoms with Gasteiger partial charge in [-0.1, -0.05) is 19.1 Å². The molecule has 10 atom stereocenters. The molecule has 0 radical (unpaired) electrons. The van der Waals surface area contributed by atoms with E-state index in [2.05, 4.69) is 43.4 Å². The smallest absolute Gasteiger partial charge is 0.344 e. The highest BCUT2D eigenvalue weighted by atomic mass is 127. The van der Waals surface area contributed by atoms with E-state index in [1.54, 1.807) is 7.11 Å². The number of benzene rings is 2. The third-order valence-electron chi connectivity index (χ3n) is 15.6. The molecule has 3 aromatic rings. The minimum atomic E-state index is -2.93. The summed E-state index contributed by atoms with van der Waals surface area (Å²) in [6.45, 7) is 6.79. The standard InChI is InChI=1S/C46H55F2IN4O8/c1-8-43-13-9-15-53-17-14-44(37(43)53)31-20-32(35(58-5)21-34(31)51(4)38(44)46(57,41(56)60-7)39(43)61-25(2)54)45(40(55)59-6)22-26-18-27(42(3,47)48)24-52(23-26)16-12-29-30-19-28(49)10-11-33(30)50-36(29)45/h9-11,13,19-21,26-27,37-39,50,57H,8,12,14-18,22-24H2,1-7H3/t26-,27?,37+,38-,39-,43-,44-,45+,46+/m1/s1. The van der Waals surface area contributed by atoms with Crippen LogP contribution in [0.3, 0.4) is 0 Å². The number of carbonyl (C=O) groups excluding carboxylic acids is 3. The van der Waals surface area contributed by atoms with Gasteiger partial charge < -0.3 is 38.8 Å². The fourth-order valence-electron chi connectivity index (χ4n) is 13.5. The number of nitrogens with one attached hydrogen (secondary N) is 1. The molecule has 1 saturated carbocycles. The summed E-state index contributed by atoms with van der Waals surface area (Å²) in [5, 5.41) is 14.3. The van der Waals surface area contributed by atoms with Crippen LogP contribution in [0.2, 0.25) is 0 Å². The summed E-state index contributed by atoms with van der Waals surface area (Å²) in [6.07, 6.45) is 4.53. The number of fused-ring (bicyclic) bond motifs is 6. The molecular formula is C46H55F2IN4O8. The number of nitrogens with zero attached hydrogens (tertiary/aromatic N) is 3. The van der Waals surface area contributed by atoms with Gasteiger partial charge in [-0.2, -0.15) is 0 Å². The third kappa shape index (κ3) is 5.77. The number of alkyl halides is 2. The lowest BCUT2D eigenvalue weighted by Crippen LogP contribution is -2.81. The molecule has 1 aliphatic carbocycles. The number of piperidine rings is 1. The van der Waals surface area contributed by atoms with Crippen LogP contribution in [0.15, 0.2) is 42.5 Å². The molecular weight excluding hydrogens is 901 g/mol. The van der Waals surface area contributed by atoms with Gasteiger partial charge in [-0.25, -0.2) is 13.6 Å². The summed E-state index contributed by atoms with van der Waals surface area (Å²) in [7, 11) is 5.96. The first-order valence-corrected chi connectivity index (χ1v) is 22.4. The van der Waals surface area contributed by atoms with Crippen molar-refractivity contribution in [2.24, 2.45) is 17.3 Å². The second kappa shape index (κ2) is 14.6. The fraction of sp³-hybridized carbons (Fsp3) is 0.587. The summed E-state index contributed by atoms with van der Waals surface area (Å²) in [6, 6.07) is 8.67. The topological polar surface area (TPSA) is 134 Å². The Morgan fingerprint density at radius 2 is 1.79 bits per heavy atom. The second-order valence-electron chi connectivity index (χ2n) is 18.5. The van der Waals surface area contributed by atoms with Gasteiger partial charge in [-0.3, -0.25) is 14.5 Å². The van der Waals surface area contributed by atoms with E-state index in [1.165, 1.54) is 21.1 Å². The molecule has 5 aliphatic heterocycles. The first-order chi connectivity index (χ1) is 29.0. The van der Waals surface area contributed by atoms with Gasteiger partial charge in [0.2, 0.25) is 11.5 Å². The molecule has 328 valence electrons. The van der Waals surface area contributed by atoms with Crippen molar-refractivity contribution in [3.63, 3.8) is 0 Å². The molecule has 3 fully saturated rings. The number of methoxy groups -OCH3 is 3. The van der Waals surface area contributed by atoms with E-state index in [-0.39, 0.29) is 31.3 Å². The highest BCUT2D eigenvalue weighted by Gasteiger charge is 2.80. The zero-order valence-electron chi connectivity index (χ0n) is 35.8. The van der Waals surface area contributed by atoms with E-state index in [0.29, 0.717) is 68.1 Å². The van der Waals surface area contributed by atoms with Crippen LogP contribution < -0.4 is 9.64 Å². The molecule has 12 nitrogen and oxygen atoms in total. The number of halogens is 3. The molecule has 6 aliphatic rings. The number of likely N-dealkylation sites (N-methyl/N-ethyl adjacent to an activating group) is 1. The number of carbonyl (C=O) groups is 3. The number of anilines is 1. The number of aliphatic hydroxyl groups is 1. The monoisotopic (exact) mass is 956 g/mol. The van der Waals surface area contributed by atoms with Crippen molar-refractivity contribution in [1.29, 1.82) is 0 Å². The van der Waals surface area contributed by atoms with E-state index in [9.17, 15) is 14.7 Å². The molecule has 1 spiro atoms. The lowest BCUT2D eigenvalue weighted by Gasteiger charge is -2.63. The molecule has 2 unspecified atom stereocenters. The number of H-pyrrole nitrogens is 1. The average molecular weight is 957 g/mol. The van der Waals surface area contributed by atoms with E-state index >= 15 is 13.6 Å². The van der Waals surface area contributed by atoms with Crippen LogP contribution in [0.5, 0.6) is 5.75 Å². The molecule has 61 heavy (non-hydrogen) atoms. The summed E-state index contributed by atoms with van der Waals surface area (Å²) in [4.78, 5) is 52.8. The molecule has 2 saturated heterocycles. The Labute approximate surface area is 368 Å². The van der Waals surface area contributed by atoms with E-state index in [0.717, 1.165) is 32.5 Å². The molecule has 15 heteroatoms. The lowest BCUT2D eigenvalue weighted by atomic mass is 9.47. The number of hydrogen-bond donors (Lipinski definition) is 2. The van der Waals surface area contributed by atoms with Gasteiger partial charge in [-0.15, -0.1) is 0 Å². The van der Waals surface area contributed by atoms with Crippen LogP contribution >= 0.6 is 22.6 Å². The first-order valence-electron chi connectivity index (χ1n) is 21.3. The first kappa shape index (κ1) is 42.5. The Morgan fingerprint density at radius 1 is 1.03 bits per heavy atom. The van der Waals surface area contributed by atoms with Crippen molar-refractivity contribution in [1.82, 2.24) is 14.8 Å². The van der Waals surface area contributed by atoms with Crippen molar-refractivity contribution in [2.45, 2.75) is 93.4 Å². The van der Waals surface area contributed by atoms with Gasteiger partial charge in [0, 0.05) is 100 Å². The maximum atomic E-state index is 15.4. The predicted molar refractivity (Wildman–Crippen MR) is 232 cm³/mol. The van der Waals surface area contributed by atoms with Gasteiger partial charge in [0.25, 0.3) is 0 Å². The predicted octanol–water partition coefficient (Wildman–Crippen LogP) is 5.73. The van der Waals surface area contributed by atoms with Gasteiger partial charge in [0.15, 0.2) is 6.10 Å². The number of ether oxygens (including phenoxy) is 4. The second-order valence-corrected chi connectivity index (χ2v) is 19.7. The lowest BCUT2D eigenvalue weighted by molar-refractivity contribution is -0.228. The van der Waals surface area contributed by atoms with E-state index in [1.807, 2.05) is 55.3 Å².